The third kappa shape index (κ3) is 1.73. The number of nitrogens with zero attached hydrogens (tertiary/aromatic N) is 1. The van der Waals surface area contributed by atoms with Crippen LogP contribution in [-0.2, 0) is 10.3 Å². The van der Waals surface area contributed by atoms with Gasteiger partial charge >= 0.3 is 0 Å². The molecule has 6 rings (SSSR count). The Hall–Kier alpha value is -1.39. The Labute approximate surface area is 143 Å². The van der Waals surface area contributed by atoms with Gasteiger partial charge in [0.15, 0.2) is 0 Å². The lowest BCUT2D eigenvalue weighted by Crippen LogP contribution is -2.64. The van der Waals surface area contributed by atoms with E-state index in [-0.39, 0.29) is 11.3 Å². The van der Waals surface area contributed by atoms with Gasteiger partial charge in [-0.15, -0.1) is 0 Å². The zero-order chi connectivity index (χ0) is 16.5. The first-order valence-electron chi connectivity index (χ1n) is 9.40. The lowest BCUT2D eigenvalue weighted by molar-refractivity contribution is -0.150. The minimum absolute atomic E-state index is 0.0303. The quantitative estimate of drug-likeness (QED) is 0.878. The van der Waals surface area contributed by atoms with Gasteiger partial charge < -0.3 is 4.90 Å². The average molecular weight is 325 g/mol. The molecule has 0 aromatic heterocycles. The van der Waals surface area contributed by atoms with Gasteiger partial charge in [-0.25, -0.2) is 0 Å². The summed E-state index contributed by atoms with van der Waals surface area (Å²) in [6.45, 7) is 0. The van der Waals surface area contributed by atoms with E-state index >= 15 is 0 Å². The van der Waals surface area contributed by atoms with Crippen molar-refractivity contribution in [2.45, 2.75) is 50.4 Å². The maximum Gasteiger partial charge on any atom is 0.250 e. The van der Waals surface area contributed by atoms with Gasteiger partial charge in [-0.05, 0) is 61.8 Å². The minimum atomic E-state index is -0.640. The summed E-state index contributed by atoms with van der Waals surface area (Å²) in [7, 11) is 1.84. The Balaban J connectivity index is 1.69. The highest BCUT2D eigenvalue weighted by Gasteiger charge is 2.67. The van der Waals surface area contributed by atoms with E-state index in [4.69, 9.17) is 5.73 Å². The molecule has 4 heteroatoms. The lowest BCUT2D eigenvalue weighted by Gasteiger charge is -2.62. The van der Waals surface area contributed by atoms with Crippen molar-refractivity contribution in [1.29, 1.82) is 0 Å². The van der Waals surface area contributed by atoms with Crippen LogP contribution in [0.25, 0.3) is 0 Å². The predicted molar refractivity (Wildman–Crippen MR) is 92.6 cm³/mol. The summed E-state index contributed by atoms with van der Waals surface area (Å²) in [4.78, 5) is 15.3. The minimum Gasteiger partial charge on any atom is -0.316 e. The summed E-state index contributed by atoms with van der Waals surface area (Å²) >= 11 is 0. The number of nitrogens with two attached hydrogens (primary N) is 1. The van der Waals surface area contributed by atoms with Gasteiger partial charge in [0, 0.05) is 12.5 Å². The molecule has 4 saturated carbocycles. The van der Waals surface area contributed by atoms with Crippen LogP contribution >= 0.6 is 0 Å². The van der Waals surface area contributed by atoms with E-state index in [2.05, 4.69) is 29.6 Å². The van der Waals surface area contributed by atoms with Crippen LogP contribution in [-0.4, -0.2) is 24.1 Å². The normalized spacial score (nSPS) is 46.8. The van der Waals surface area contributed by atoms with Crippen LogP contribution in [0.5, 0.6) is 0 Å². The van der Waals surface area contributed by atoms with Crippen molar-refractivity contribution in [1.82, 2.24) is 10.2 Å². The molecule has 4 bridgehead atoms. The van der Waals surface area contributed by atoms with Gasteiger partial charge in [-0.1, -0.05) is 30.3 Å². The van der Waals surface area contributed by atoms with E-state index in [1.165, 1.54) is 38.5 Å². The predicted octanol–water partition coefficient (Wildman–Crippen LogP) is 2.40. The number of nitrogens with one attached hydrogen (secondary N) is 1. The van der Waals surface area contributed by atoms with Gasteiger partial charge in [-0.3, -0.25) is 15.8 Å². The van der Waals surface area contributed by atoms with Crippen LogP contribution in [0.15, 0.2) is 30.3 Å². The second-order valence-electron chi connectivity index (χ2n) is 8.82. The van der Waals surface area contributed by atoms with Crippen molar-refractivity contribution in [3.05, 3.63) is 35.9 Å². The molecule has 1 saturated heterocycles. The number of hydrogen-bond acceptors (Lipinski definition) is 3. The number of hydrogen-bond donors (Lipinski definition) is 2. The molecule has 4 nitrogen and oxygen atoms in total. The summed E-state index contributed by atoms with van der Waals surface area (Å²) in [5.41, 5.74) is 6.79. The van der Waals surface area contributed by atoms with E-state index in [0.29, 0.717) is 0 Å². The molecule has 128 valence electrons. The van der Waals surface area contributed by atoms with E-state index in [0.717, 1.165) is 23.3 Å². The molecule has 4 aliphatic carbocycles. The van der Waals surface area contributed by atoms with E-state index in [1.807, 2.05) is 13.1 Å². The maximum atomic E-state index is 13.5. The zero-order valence-corrected chi connectivity index (χ0v) is 14.4. The van der Waals surface area contributed by atoms with Crippen LogP contribution in [0.1, 0.15) is 44.1 Å². The summed E-state index contributed by atoms with van der Waals surface area (Å²) in [5.74, 6) is 2.57. The molecule has 1 heterocycles. The molecule has 1 aromatic carbocycles. The molecule has 5 aliphatic rings. The Bertz CT molecular complexity index is 637. The highest BCUT2D eigenvalue weighted by Crippen LogP contribution is 2.66. The van der Waals surface area contributed by atoms with Gasteiger partial charge in [0.2, 0.25) is 5.91 Å². The third-order valence-corrected chi connectivity index (χ3v) is 7.46. The van der Waals surface area contributed by atoms with E-state index < -0.39 is 11.8 Å². The highest BCUT2D eigenvalue weighted by molar-refractivity contribution is 5.91. The van der Waals surface area contributed by atoms with Crippen molar-refractivity contribution < 1.29 is 4.79 Å². The maximum absolute atomic E-state index is 13.5. The Morgan fingerprint density at radius 3 is 2.04 bits per heavy atom. The van der Waals surface area contributed by atoms with Crippen molar-refractivity contribution in [2.24, 2.45) is 28.9 Å². The van der Waals surface area contributed by atoms with Crippen molar-refractivity contribution in [3.8, 4) is 0 Å². The fourth-order valence-corrected chi connectivity index (χ4v) is 6.92. The fourth-order valence-electron chi connectivity index (χ4n) is 6.92. The summed E-state index contributed by atoms with van der Waals surface area (Å²) in [5, 5.41) is 3.59. The molecule has 24 heavy (non-hydrogen) atoms. The number of likely N-dealkylation sites (N-methyl/N-ethyl adjacent to an activating group) is 1. The van der Waals surface area contributed by atoms with Gasteiger partial charge in [0.1, 0.15) is 11.8 Å². The van der Waals surface area contributed by atoms with Crippen LogP contribution in [0.3, 0.4) is 0 Å². The highest BCUT2D eigenvalue weighted by atomic mass is 16.2. The number of rotatable bonds is 2. The molecule has 2 atom stereocenters. The first-order valence-corrected chi connectivity index (χ1v) is 9.40. The molecule has 1 amide bonds. The van der Waals surface area contributed by atoms with Gasteiger partial charge in [0.25, 0.3) is 0 Å². The molecule has 0 unspecified atom stereocenters. The van der Waals surface area contributed by atoms with Crippen LogP contribution < -0.4 is 11.1 Å². The van der Waals surface area contributed by atoms with E-state index in [1.54, 1.807) is 4.90 Å². The largest absolute Gasteiger partial charge is 0.316 e. The number of amides is 1. The first kappa shape index (κ1) is 14.9. The monoisotopic (exact) mass is 325 g/mol. The second-order valence-corrected chi connectivity index (χ2v) is 8.82. The molecule has 0 spiro atoms. The fraction of sp³-hybridized carbons (Fsp3) is 0.650. The lowest BCUT2D eigenvalue weighted by atomic mass is 9.43. The van der Waals surface area contributed by atoms with Gasteiger partial charge in [0.05, 0.1) is 0 Å². The number of carbonyl (C=O) groups excluding carboxylic acids is 1. The standard InChI is InChI=1S/C20H27N3O/c1-23-17(24)20(22-18(23)21,16-5-3-2-4-6-16)19-10-13-7-14(11-19)9-15(8-13)12-19/h2-6,13-15,18,22H,7-12,21H2,1H3/t13?,14?,15?,18-,19?,20-/m0/s1. The SMILES string of the molecule is CN1C(=O)[C@@](c2ccccc2)(C23CC4CC(CC(C4)C2)C3)N[C@@H]1N. The number of carbonyl (C=O) groups is 1. The Morgan fingerprint density at radius 1 is 1.04 bits per heavy atom. The first-order chi connectivity index (χ1) is 11.5. The summed E-state index contributed by atoms with van der Waals surface area (Å²) in [6.07, 6.45) is 7.25. The molecular formula is C20H27N3O. The molecule has 0 radical (unpaired) electrons. The molecule has 3 N–H and O–H groups in total. The molecule has 1 aliphatic heterocycles. The van der Waals surface area contributed by atoms with Crippen molar-refractivity contribution in [2.75, 3.05) is 7.05 Å². The summed E-state index contributed by atoms with van der Waals surface area (Å²) < 4.78 is 0. The molecule has 5 fully saturated rings. The van der Waals surface area contributed by atoms with E-state index in [9.17, 15) is 4.79 Å². The average Bonchev–Trinajstić information content (AvgIpc) is 2.80. The van der Waals surface area contributed by atoms with Crippen LogP contribution in [0.4, 0.5) is 0 Å². The smallest absolute Gasteiger partial charge is 0.250 e. The third-order valence-electron chi connectivity index (χ3n) is 7.46. The Kier molecular flexibility index (Phi) is 3.00. The number of benzene rings is 1. The van der Waals surface area contributed by atoms with Crippen LogP contribution in [0, 0.1) is 23.2 Å². The summed E-state index contributed by atoms with van der Waals surface area (Å²) in [6, 6.07) is 10.4. The molecule has 1 aromatic rings. The van der Waals surface area contributed by atoms with Crippen LogP contribution in [0.2, 0.25) is 0 Å². The Morgan fingerprint density at radius 2 is 1.58 bits per heavy atom. The van der Waals surface area contributed by atoms with Crippen molar-refractivity contribution in [3.63, 3.8) is 0 Å². The van der Waals surface area contributed by atoms with Gasteiger partial charge in [-0.2, -0.15) is 0 Å². The second kappa shape index (κ2) is 4.83. The molecular weight excluding hydrogens is 298 g/mol. The zero-order valence-electron chi connectivity index (χ0n) is 14.4. The van der Waals surface area contributed by atoms with Crippen molar-refractivity contribution >= 4 is 5.91 Å². The topological polar surface area (TPSA) is 58.4 Å².